The number of imidazole rings is 1. The van der Waals surface area contributed by atoms with Crippen molar-refractivity contribution in [2.75, 3.05) is 0 Å². The van der Waals surface area contributed by atoms with E-state index in [0.717, 1.165) is 66.9 Å². The van der Waals surface area contributed by atoms with Gasteiger partial charge in [-0.05, 0) is 52.9 Å². The number of nitrogens with zero attached hydrogens (tertiary/aromatic N) is 4. The zero-order valence-electron chi connectivity index (χ0n) is 25.8. The Morgan fingerprint density at radius 2 is 1.24 bits per heavy atom. The monoisotopic (exact) mass is 592 g/mol. The molecule has 0 N–H and O–H groups in total. The standard InChI is InChI=1S/C42H32N4/c1-28-12-6-9-17-37(28)43-39(29(2)30-13-4-3-5-14-30)33-23-19-31(20-24-33)32-21-25-34(26-22-32)40-35-15-7-8-16-36(35)41-42(45-40)46-27-11-10-18-38(46)44-41/h3-27,29H,1-2H3. The third-order valence-electron chi connectivity index (χ3n) is 8.90. The Morgan fingerprint density at radius 1 is 0.609 bits per heavy atom. The molecule has 3 aromatic heterocycles. The normalized spacial score (nSPS) is 12.6. The van der Waals surface area contributed by atoms with Crippen molar-refractivity contribution in [3.8, 4) is 22.4 Å². The van der Waals surface area contributed by atoms with E-state index in [1.54, 1.807) is 0 Å². The molecule has 4 heteroatoms. The van der Waals surface area contributed by atoms with Gasteiger partial charge < -0.3 is 0 Å². The number of fused-ring (bicyclic) bond motifs is 5. The number of aryl methyl sites for hydroxylation is 1. The van der Waals surface area contributed by atoms with E-state index in [0.29, 0.717) is 0 Å². The van der Waals surface area contributed by atoms with Crippen molar-refractivity contribution in [1.29, 1.82) is 0 Å². The van der Waals surface area contributed by atoms with E-state index < -0.39 is 0 Å². The van der Waals surface area contributed by atoms with Gasteiger partial charge in [-0.25, -0.2) is 9.97 Å². The number of para-hydroxylation sites is 1. The molecule has 0 aliphatic heterocycles. The summed E-state index contributed by atoms with van der Waals surface area (Å²) in [5.41, 5.74) is 12.6. The number of hydrogen-bond donors (Lipinski definition) is 0. The summed E-state index contributed by atoms with van der Waals surface area (Å²) < 4.78 is 2.07. The van der Waals surface area contributed by atoms with Crippen LogP contribution in [0.25, 0.3) is 50.0 Å². The summed E-state index contributed by atoms with van der Waals surface area (Å²) in [7, 11) is 0. The van der Waals surface area contributed by atoms with Crippen LogP contribution in [0.2, 0.25) is 0 Å². The van der Waals surface area contributed by atoms with E-state index in [-0.39, 0.29) is 5.92 Å². The molecule has 0 aliphatic rings. The number of pyridine rings is 2. The summed E-state index contributed by atoms with van der Waals surface area (Å²) in [4.78, 5) is 15.3. The van der Waals surface area contributed by atoms with Gasteiger partial charge in [0.05, 0.1) is 17.1 Å². The molecule has 3 heterocycles. The van der Waals surface area contributed by atoms with Crippen molar-refractivity contribution < 1.29 is 0 Å². The average Bonchev–Trinajstić information content (AvgIpc) is 3.50. The van der Waals surface area contributed by atoms with Crippen LogP contribution in [0.15, 0.2) is 157 Å². The molecule has 8 rings (SSSR count). The molecule has 46 heavy (non-hydrogen) atoms. The second-order valence-electron chi connectivity index (χ2n) is 11.8. The largest absolute Gasteiger partial charge is 0.284 e. The molecule has 4 nitrogen and oxygen atoms in total. The van der Waals surface area contributed by atoms with Gasteiger partial charge in [0.15, 0.2) is 5.65 Å². The van der Waals surface area contributed by atoms with Crippen molar-refractivity contribution in [2.45, 2.75) is 19.8 Å². The number of rotatable bonds is 6. The smallest absolute Gasteiger partial charge is 0.165 e. The molecule has 0 saturated carbocycles. The Hall–Kier alpha value is -5.87. The summed E-state index contributed by atoms with van der Waals surface area (Å²) in [6, 6.07) is 50.9. The van der Waals surface area contributed by atoms with Gasteiger partial charge in [0.25, 0.3) is 0 Å². The lowest BCUT2D eigenvalue weighted by Gasteiger charge is -2.17. The van der Waals surface area contributed by atoms with Crippen LogP contribution < -0.4 is 0 Å². The molecule has 0 spiro atoms. The molecular weight excluding hydrogens is 560 g/mol. The molecule has 0 radical (unpaired) electrons. The van der Waals surface area contributed by atoms with Crippen molar-refractivity contribution in [1.82, 2.24) is 14.4 Å². The molecule has 5 aromatic carbocycles. The van der Waals surface area contributed by atoms with E-state index in [1.165, 1.54) is 11.1 Å². The summed E-state index contributed by atoms with van der Waals surface area (Å²) in [5, 5.41) is 2.21. The van der Waals surface area contributed by atoms with Crippen LogP contribution in [0, 0.1) is 6.92 Å². The zero-order chi connectivity index (χ0) is 31.0. The number of benzene rings is 5. The van der Waals surface area contributed by atoms with Crippen LogP contribution in [-0.2, 0) is 0 Å². The topological polar surface area (TPSA) is 42.5 Å². The Balaban J connectivity index is 1.15. The summed E-state index contributed by atoms with van der Waals surface area (Å²) >= 11 is 0. The predicted octanol–water partition coefficient (Wildman–Crippen LogP) is 10.6. The van der Waals surface area contributed by atoms with E-state index in [2.05, 4.69) is 146 Å². The quantitative estimate of drug-likeness (QED) is 0.180. The maximum atomic E-state index is 5.22. The van der Waals surface area contributed by atoms with Crippen LogP contribution in [0.1, 0.15) is 29.5 Å². The fourth-order valence-corrected chi connectivity index (χ4v) is 6.34. The van der Waals surface area contributed by atoms with E-state index in [9.17, 15) is 0 Å². The van der Waals surface area contributed by atoms with Gasteiger partial charge in [-0.1, -0.05) is 134 Å². The first-order chi connectivity index (χ1) is 22.6. The molecular formula is C42H32N4. The highest BCUT2D eigenvalue weighted by Crippen LogP contribution is 2.34. The van der Waals surface area contributed by atoms with E-state index in [1.807, 2.05) is 24.4 Å². The van der Waals surface area contributed by atoms with E-state index >= 15 is 0 Å². The molecule has 1 atom stereocenters. The average molecular weight is 593 g/mol. The van der Waals surface area contributed by atoms with Gasteiger partial charge in [-0.15, -0.1) is 0 Å². The highest BCUT2D eigenvalue weighted by atomic mass is 15.1. The Morgan fingerprint density at radius 3 is 2.00 bits per heavy atom. The third-order valence-corrected chi connectivity index (χ3v) is 8.90. The van der Waals surface area contributed by atoms with Crippen LogP contribution in [0.5, 0.6) is 0 Å². The minimum absolute atomic E-state index is 0.138. The first-order valence-electron chi connectivity index (χ1n) is 15.7. The molecule has 0 bridgehead atoms. The van der Waals surface area contributed by atoms with Crippen LogP contribution in [0.3, 0.4) is 0 Å². The first kappa shape index (κ1) is 27.7. The van der Waals surface area contributed by atoms with Crippen LogP contribution >= 0.6 is 0 Å². The molecule has 1 unspecified atom stereocenters. The van der Waals surface area contributed by atoms with Gasteiger partial charge in [0.2, 0.25) is 0 Å². The minimum atomic E-state index is 0.138. The lowest BCUT2D eigenvalue weighted by Crippen LogP contribution is -2.11. The zero-order valence-corrected chi connectivity index (χ0v) is 25.8. The van der Waals surface area contributed by atoms with Gasteiger partial charge >= 0.3 is 0 Å². The minimum Gasteiger partial charge on any atom is -0.284 e. The summed E-state index contributed by atoms with van der Waals surface area (Å²) in [5.74, 6) is 0.138. The van der Waals surface area contributed by atoms with Crippen molar-refractivity contribution in [2.24, 2.45) is 4.99 Å². The lowest BCUT2D eigenvalue weighted by molar-refractivity contribution is 1.02. The molecule has 0 saturated heterocycles. The maximum absolute atomic E-state index is 5.22. The lowest BCUT2D eigenvalue weighted by atomic mass is 9.90. The Labute approximate surface area is 268 Å². The molecule has 0 fully saturated rings. The number of aromatic nitrogens is 3. The van der Waals surface area contributed by atoms with Crippen molar-refractivity contribution >= 4 is 39.0 Å². The molecule has 8 aromatic rings. The van der Waals surface area contributed by atoms with Crippen molar-refractivity contribution in [3.63, 3.8) is 0 Å². The molecule has 0 amide bonds. The second kappa shape index (κ2) is 11.6. The fourth-order valence-electron chi connectivity index (χ4n) is 6.34. The highest BCUT2D eigenvalue weighted by Gasteiger charge is 2.17. The van der Waals surface area contributed by atoms with Gasteiger partial charge in [0, 0.05) is 28.5 Å². The summed E-state index contributed by atoms with van der Waals surface area (Å²) in [6.45, 7) is 4.35. The SMILES string of the molecule is Cc1ccccc1N=C(c1ccc(-c2ccc(-c3nc4c(nc5ccccn54)c4ccccc34)cc2)cc1)C(C)c1ccccc1. The van der Waals surface area contributed by atoms with Crippen molar-refractivity contribution in [3.05, 3.63) is 168 Å². The Kier molecular flexibility index (Phi) is 6.96. The first-order valence-corrected chi connectivity index (χ1v) is 15.7. The van der Waals surface area contributed by atoms with Crippen LogP contribution in [0.4, 0.5) is 5.69 Å². The number of aliphatic imine (C=N–C) groups is 1. The van der Waals surface area contributed by atoms with E-state index in [4.69, 9.17) is 15.0 Å². The second-order valence-corrected chi connectivity index (χ2v) is 11.8. The van der Waals surface area contributed by atoms with Crippen LogP contribution in [-0.4, -0.2) is 20.1 Å². The van der Waals surface area contributed by atoms with Gasteiger partial charge in [-0.3, -0.25) is 9.39 Å². The Bertz CT molecular complexity index is 2370. The number of hydrogen-bond acceptors (Lipinski definition) is 3. The fraction of sp³-hybridized carbons (Fsp3) is 0.0714. The predicted molar refractivity (Wildman–Crippen MR) is 191 cm³/mol. The summed E-state index contributed by atoms with van der Waals surface area (Å²) in [6.07, 6.45) is 2.03. The van der Waals surface area contributed by atoms with Gasteiger partial charge in [-0.2, -0.15) is 0 Å². The molecule has 0 aliphatic carbocycles. The highest BCUT2D eigenvalue weighted by molar-refractivity contribution is 6.09. The molecule has 220 valence electrons. The van der Waals surface area contributed by atoms with Gasteiger partial charge in [0.1, 0.15) is 11.2 Å². The third kappa shape index (κ3) is 4.94. The maximum Gasteiger partial charge on any atom is 0.165 e.